The Hall–Kier alpha value is -2.28. The zero-order chi connectivity index (χ0) is 17.3. The van der Waals surface area contributed by atoms with Crippen LogP contribution in [0.5, 0.6) is 11.5 Å². The van der Waals surface area contributed by atoms with Gasteiger partial charge in [-0.15, -0.1) is 0 Å². The van der Waals surface area contributed by atoms with Crippen molar-refractivity contribution in [3.63, 3.8) is 0 Å². The van der Waals surface area contributed by atoms with Crippen LogP contribution >= 0.6 is 0 Å². The lowest BCUT2D eigenvalue weighted by Gasteiger charge is -2.33. The predicted octanol–water partition coefficient (Wildman–Crippen LogP) is 1.83. The lowest BCUT2D eigenvalue weighted by atomic mass is 9.92. The maximum Gasteiger partial charge on any atom is 0.227 e. The molecule has 1 aliphatic heterocycles. The van der Waals surface area contributed by atoms with Crippen LogP contribution in [0.25, 0.3) is 10.9 Å². The average Bonchev–Trinajstić information content (AvgIpc) is 2.60. The molecule has 0 bridgehead atoms. The van der Waals surface area contributed by atoms with Crippen LogP contribution in [0.15, 0.2) is 12.1 Å². The lowest BCUT2D eigenvalue weighted by Crippen LogP contribution is -2.38. The van der Waals surface area contributed by atoms with Crippen molar-refractivity contribution in [2.45, 2.75) is 25.9 Å². The summed E-state index contributed by atoms with van der Waals surface area (Å²) < 4.78 is 10.7. The highest BCUT2D eigenvalue weighted by molar-refractivity contribution is 5.91. The molecular formula is C17H24N4O3. The van der Waals surface area contributed by atoms with Gasteiger partial charge in [-0.3, -0.25) is 0 Å². The third-order valence-corrected chi connectivity index (χ3v) is 4.72. The quantitative estimate of drug-likeness (QED) is 0.882. The van der Waals surface area contributed by atoms with Crippen LogP contribution in [0.4, 0.5) is 11.8 Å². The van der Waals surface area contributed by atoms with Crippen molar-refractivity contribution in [3.05, 3.63) is 12.1 Å². The maximum atomic E-state index is 9.73. The first-order chi connectivity index (χ1) is 11.5. The molecule has 1 fully saturated rings. The zero-order valence-electron chi connectivity index (χ0n) is 14.3. The number of methoxy groups -OCH3 is 2. The minimum Gasteiger partial charge on any atom is -0.493 e. The van der Waals surface area contributed by atoms with Gasteiger partial charge in [0.25, 0.3) is 0 Å². The predicted molar refractivity (Wildman–Crippen MR) is 93.7 cm³/mol. The van der Waals surface area contributed by atoms with Gasteiger partial charge in [0.15, 0.2) is 11.5 Å². The summed E-state index contributed by atoms with van der Waals surface area (Å²) in [6.07, 6.45) is 1.57. The molecule has 130 valence electrons. The lowest BCUT2D eigenvalue weighted by molar-refractivity contribution is 0.109. The molecule has 7 nitrogen and oxygen atoms in total. The van der Waals surface area contributed by atoms with E-state index in [9.17, 15) is 5.11 Å². The van der Waals surface area contributed by atoms with Crippen molar-refractivity contribution in [2.24, 2.45) is 5.92 Å². The molecule has 7 heteroatoms. The summed E-state index contributed by atoms with van der Waals surface area (Å²) in [5.74, 6) is 2.60. The normalized spacial score (nSPS) is 17.1. The van der Waals surface area contributed by atoms with E-state index in [1.807, 2.05) is 13.0 Å². The van der Waals surface area contributed by atoms with Gasteiger partial charge in [0.1, 0.15) is 5.82 Å². The average molecular weight is 332 g/mol. The van der Waals surface area contributed by atoms with Crippen molar-refractivity contribution < 1.29 is 14.6 Å². The molecular weight excluding hydrogens is 308 g/mol. The number of ether oxygens (including phenoxy) is 2. The minimum absolute atomic E-state index is 0.272. The fourth-order valence-corrected chi connectivity index (χ4v) is 3.19. The number of nitrogens with two attached hydrogens (primary N) is 1. The number of benzene rings is 1. The summed E-state index contributed by atoms with van der Waals surface area (Å²) in [7, 11) is 3.18. The molecule has 1 saturated heterocycles. The van der Waals surface area contributed by atoms with Crippen LogP contribution < -0.4 is 20.1 Å². The smallest absolute Gasteiger partial charge is 0.227 e. The number of aromatic nitrogens is 2. The number of fused-ring (bicyclic) bond motifs is 1. The van der Waals surface area contributed by atoms with Crippen LogP contribution in [0.3, 0.4) is 0 Å². The second-order valence-corrected chi connectivity index (χ2v) is 6.20. The van der Waals surface area contributed by atoms with Crippen molar-refractivity contribution >= 4 is 22.7 Å². The van der Waals surface area contributed by atoms with Crippen molar-refractivity contribution in [3.8, 4) is 11.5 Å². The van der Waals surface area contributed by atoms with E-state index in [-0.39, 0.29) is 6.10 Å². The first-order valence-electron chi connectivity index (χ1n) is 8.15. The number of nitrogen functional groups attached to an aromatic ring is 1. The molecule has 1 aliphatic rings. The Kier molecular flexibility index (Phi) is 4.62. The van der Waals surface area contributed by atoms with Crippen LogP contribution in [0, 0.1) is 5.92 Å². The summed E-state index contributed by atoms with van der Waals surface area (Å²) >= 11 is 0. The zero-order valence-corrected chi connectivity index (χ0v) is 14.3. The Balaban J connectivity index is 1.93. The van der Waals surface area contributed by atoms with Gasteiger partial charge in [0.2, 0.25) is 5.95 Å². The number of piperidine rings is 1. The second-order valence-electron chi connectivity index (χ2n) is 6.20. The number of aliphatic hydroxyl groups is 1. The molecule has 1 unspecified atom stereocenters. The SMILES string of the molecule is COc1cc2nc(N3CCC(C(C)O)CC3)nc(N)c2cc1OC. The molecule has 0 amide bonds. The maximum absolute atomic E-state index is 9.73. The number of aliphatic hydroxyl groups excluding tert-OH is 1. The van der Waals surface area contributed by atoms with Gasteiger partial charge in [-0.1, -0.05) is 0 Å². The molecule has 2 aromatic rings. The third-order valence-electron chi connectivity index (χ3n) is 4.72. The van der Waals surface area contributed by atoms with Gasteiger partial charge in [0.05, 0.1) is 25.8 Å². The molecule has 0 radical (unpaired) electrons. The van der Waals surface area contributed by atoms with Crippen LogP contribution in [-0.2, 0) is 0 Å². The first-order valence-corrected chi connectivity index (χ1v) is 8.15. The Morgan fingerprint density at radius 1 is 1.17 bits per heavy atom. The summed E-state index contributed by atoms with van der Waals surface area (Å²) in [5, 5.41) is 10.5. The Labute approximate surface area is 141 Å². The van der Waals surface area contributed by atoms with Gasteiger partial charge >= 0.3 is 0 Å². The molecule has 24 heavy (non-hydrogen) atoms. The van der Waals surface area contributed by atoms with E-state index in [1.165, 1.54) is 0 Å². The number of hydrogen-bond acceptors (Lipinski definition) is 7. The Morgan fingerprint density at radius 2 is 1.79 bits per heavy atom. The highest BCUT2D eigenvalue weighted by atomic mass is 16.5. The van der Waals surface area contributed by atoms with Gasteiger partial charge in [-0.25, -0.2) is 4.98 Å². The summed E-state index contributed by atoms with van der Waals surface area (Å²) in [6, 6.07) is 3.62. The summed E-state index contributed by atoms with van der Waals surface area (Å²) in [6.45, 7) is 3.48. The van der Waals surface area contributed by atoms with Gasteiger partial charge in [0, 0.05) is 24.5 Å². The van der Waals surface area contributed by atoms with E-state index in [0.717, 1.165) is 36.8 Å². The fourth-order valence-electron chi connectivity index (χ4n) is 3.19. The summed E-state index contributed by atoms with van der Waals surface area (Å²) in [5.41, 5.74) is 6.87. The Morgan fingerprint density at radius 3 is 2.38 bits per heavy atom. The number of anilines is 2. The van der Waals surface area contributed by atoms with Crippen LogP contribution in [0.1, 0.15) is 19.8 Å². The van der Waals surface area contributed by atoms with E-state index in [2.05, 4.69) is 14.9 Å². The van der Waals surface area contributed by atoms with Gasteiger partial charge < -0.3 is 25.2 Å². The molecule has 1 atom stereocenters. The number of nitrogens with zero attached hydrogens (tertiary/aromatic N) is 3. The standard InChI is InChI=1S/C17H24N4O3/c1-10(22)11-4-6-21(7-5-11)17-19-13-9-15(24-3)14(23-2)8-12(13)16(18)20-17/h8-11,22H,4-7H2,1-3H3,(H2,18,19,20). The highest BCUT2D eigenvalue weighted by Gasteiger charge is 2.24. The number of hydrogen-bond donors (Lipinski definition) is 2. The minimum atomic E-state index is -0.272. The molecule has 1 aromatic heterocycles. The van der Waals surface area contributed by atoms with Gasteiger partial charge in [-0.05, 0) is 31.7 Å². The molecule has 3 N–H and O–H groups in total. The van der Waals surface area contributed by atoms with Crippen LogP contribution in [-0.4, -0.2) is 48.5 Å². The van der Waals surface area contributed by atoms with E-state index in [4.69, 9.17) is 15.2 Å². The summed E-state index contributed by atoms with van der Waals surface area (Å²) in [4.78, 5) is 11.2. The molecule has 2 heterocycles. The van der Waals surface area contributed by atoms with Crippen molar-refractivity contribution in [1.29, 1.82) is 0 Å². The van der Waals surface area contributed by atoms with Crippen LogP contribution in [0.2, 0.25) is 0 Å². The topological polar surface area (TPSA) is 93.7 Å². The third kappa shape index (κ3) is 3.03. The van der Waals surface area contributed by atoms with Crippen molar-refractivity contribution in [1.82, 2.24) is 9.97 Å². The molecule has 0 saturated carbocycles. The largest absolute Gasteiger partial charge is 0.493 e. The molecule has 0 aliphatic carbocycles. The van der Waals surface area contributed by atoms with E-state index in [1.54, 1.807) is 20.3 Å². The second kappa shape index (κ2) is 6.68. The van der Waals surface area contributed by atoms with Crippen molar-refractivity contribution in [2.75, 3.05) is 37.9 Å². The first kappa shape index (κ1) is 16.6. The Bertz CT molecular complexity index is 727. The van der Waals surface area contributed by atoms with E-state index < -0.39 is 0 Å². The molecule has 0 spiro atoms. The highest BCUT2D eigenvalue weighted by Crippen LogP contribution is 2.34. The van der Waals surface area contributed by atoms with E-state index >= 15 is 0 Å². The fraction of sp³-hybridized carbons (Fsp3) is 0.529. The van der Waals surface area contributed by atoms with Gasteiger partial charge in [-0.2, -0.15) is 4.98 Å². The monoisotopic (exact) mass is 332 g/mol. The van der Waals surface area contributed by atoms with E-state index in [0.29, 0.717) is 29.2 Å². The molecule has 1 aromatic carbocycles. The molecule has 3 rings (SSSR count). The number of rotatable bonds is 4.